The van der Waals surface area contributed by atoms with Gasteiger partial charge in [0.05, 0.1) is 17.8 Å². The van der Waals surface area contributed by atoms with Gasteiger partial charge in [0.1, 0.15) is 11.6 Å². The third-order valence-electron chi connectivity index (χ3n) is 2.95. The van der Waals surface area contributed by atoms with Gasteiger partial charge in [-0.05, 0) is 30.7 Å². The summed E-state index contributed by atoms with van der Waals surface area (Å²) in [5, 5.41) is 3.69. The molecular formula is C15H17ClFNO. The molecule has 0 unspecified atom stereocenters. The summed E-state index contributed by atoms with van der Waals surface area (Å²) >= 11 is 6.13. The second-order valence-corrected chi connectivity index (χ2v) is 5.28. The molecule has 2 aromatic rings. The Morgan fingerprint density at radius 1 is 1.32 bits per heavy atom. The number of benzene rings is 1. The maximum absolute atomic E-state index is 13.4. The number of nitrogens with one attached hydrogen (secondary N) is 1. The minimum Gasteiger partial charge on any atom is -0.467 e. The highest BCUT2D eigenvalue weighted by molar-refractivity contribution is 6.33. The van der Waals surface area contributed by atoms with Crippen molar-refractivity contribution in [1.29, 1.82) is 0 Å². The van der Waals surface area contributed by atoms with Crippen LogP contribution in [0.2, 0.25) is 5.02 Å². The van der Waals surface area contributed by atoms with Crippen LogP contribution in [-0.4, -0.2) is 6.04 Å². The minimum absolute atomic E-state index is 0.292. The predicted octanol–water partition coefficient (Wildman–Crippen LogP) is 4.55. The van der Waals surface area contributed by atoms with Gasteiger partial charge in [0.2, 0.25) is 0 Å². The lowest BCUT2D eigenvalue weighted by Gasteiger charge is -2.10. The summed E-state index contributed by atoms with van der Waals surface area (Å²) < 4.78 is 18.9. The van der Waals surface area contributed by atoms with E-state index in [1.807, 2.05) is 6.07 Å². The fourth-order valence-electron chi connectivity index (χ4n) is 1.88. The van der Waals surface area contributed by atoms with Gasteiger partial charge in [-0.2, -0.15) is 0 Å². The van der Waals surface area contributed by atoms with Crippen molar-refractivity contribution >= 4 is 11.6 Å². The molecule has 0 atom stereocenters. The predicted molar refractivity (Wildman–Crippen MR) is 75.8 cm³/mol. The zero-order chi connectivity index (χ0) is 14.0. The molecule has 102 valence electrons. The molecule has 0 aliphatic rings. The molecule has 0 spiro atoms. The maximum atomic E-state index is 13.4. The van der Waals surface area contributed by atoms with Crippen molar-refractivity contribution in [3.63, 3.8) is 0 Å². The molecule has 4 heteroatoms. The second kappa shape index (κ2) is 5.76. The van der Waals surface area contributed by atoms with E-state index in [1.54, 1.807) is 19.3 Å². The SMILES string of the molecule is Cc1cc(-c2ccoc2CNC(C)C)c(Cl)cc1F. The molecule has 0 amide bonds. The summed E-state index contributed by atoms with van der Waals surface area (Å²) in [5.74, 6) is 0.515. The van der Waals surface area contributed by atoms with Crippen molar-refractivity contribution in [1.82, 2.24) is 5.32 Å². The molecule has 0 aliphatic carbocycles. The second-order valence-electron chi connectivity index (χ2n) is 4.87. The molecule has 0 radical (unpaired) electrons. The van der Waals surface area contributed by atoms with Gasteiger partial charge < -0.3 is 9.73 Å². The number of hydrogen-bond acceptors (Lipinski definition) is 2. The van der Waals surface area contributed by atoms with Crippen LogP contribution in [0.5, 0.6) is 0 Å². The average molecular weight is 282 g/mol. The summed E-state index contributed by atoms with van der Waals surface area (Å²) in [6.07, 6.45) is 1.63. The highest BCUT2D eigenvalue weighted by Gasteiger charge is 2.14. The van der Waals surface area contributed by atoms with E-state index in [1.165, 1.54) is 6.07 Å². The summed E-state index contributed by atoms with van der Waals surface area (Å²) in [7, 11) is 0. The molecular weight excluding hydrogens is 265 g/mol. The molecule has 19 heavy (non-hydrogen) atoms. The van der Waals surface area contributed by atoms with Crippen molar-refractivity contribution in [2.75, 3.05) is 0 Å². The lowest BCUT2D eigenvalue weighted by atomic mass is 10.0. The minimum atomic E-state index is -0.292. The highest BCUT2D eigenvalue weighted by atomic mass is 35.5. The topological polar surface area (TPSA) is 25.2 Å². The molecule has 1 aromatic heterocycles. The summed E-state index contributed by atoms with van der Waals surface area (Å²) in [5.41, 5.74) is 2.28. The third kappa shape index (κ3) is 3.17. The van der Waals surface area contributed by atoms with Crippen molar-refractivity contribution in [2.24, 2.45) is 0 Å². The van der Waals surface area contributed by atoms with E-state index < -0.39 is 0 Å². The van der Waals surface area contributed by atoms with Crippen LogP contribution in [0.3, 0.4) is 0 Å². The van der Waals surface area contributed by atoms with Gasteiger partial charge in [-0.1, -0.05) is 25.4 Å². The fraction of sp³-hybridized carbons (Fsp3) is 0.333. The molecule has 0 aliphatic heterocycles. The Balaban J connectivity index is 2.37. The van der Waals surface area contributed by atoms with E-state index in [0.29, 0.717) is 23.2 Å². The summed E-state index contributed by atoms with van der Waals surface area (Å²) in [4.78, 5) is 0. The van der Waals surface area contributed by atoms with Gasteiger partial charge in [-0.3, -0.25) is 0 Å². The van der Waals surface area contributed by atoms with E-state index >= 15 is 0 Å². The Bertz CT molecular complexity index is 578. The molecule has 0 saturated carbocycles. The first kappa shape index (κ1) is 14.1. The Morgan fingerprint density at radius 2 is 2.05 bits per heavy atom. The van der Waals surface area contributed by atoms with Crippen LogP contribution in [0, 0.1) is 12.7 Å². The van der Waals surface area contributed by atoms with Crippen LogP contribution >= 0.6 is 11.6 Å². The molecule has 2 nitrogen and oxygen atoms in total. The molecule has 1 N–H and O–H groups in total. The van der Waals surface area contributed by atoms with E-state index in [-0.39, 0.29) is 5.82 Å². The van der Waals surface area contributed by atoms with Gasteiger partial charge in [-0.25, -0.2) is 4.39 Å². The van der Waals surface area contributed by atoms with E-state index in [9.17, 15) is 4.39 Å². The quantitative estimate of drug-likeness (QED) is 0.890. The number of hydrogen-bond donors (Lipinski definition) is 1. The van der Waals surface area contributed by atoms with E-state index in [4.69, 9.17) is 16.0 Å². The molecule has 0 saturated heterocycles. The average Bonchev–Trinajstić information content (AvgIpc) is 2.79. The van der Waals surface area contributed by atoms with Crippen LogP contribution in [0.1, 0.15) is 25.2 Å². The molecule has 0 bridgehead atoms. The van der Waals surface area contributed by atoms with Crippen molar-refractivity contribution in [3.8, 4) is 11.1 Å². The van der Waals surface area contributed by atoms with Crippen LogP contribution in [0.25, 0.3) is 11.1 Å². The first-order valence-corrected chi connectivity index (χ1v) is 6.62. The third-order valence-corrected chi connectivity index (χ3v) is 3.27. The lowest BCUT2D eigenvalue weighted by Crippen LogP contribution is -2.21. The fourth-order valence-corrected chi connectivity index (χ4v) is 2.13. The summed E-state index contributed by atoms with van der Waals surface area (Å²) in [6, 6.07) is 5.32. The van der Waals surface area contributed by atoms with Crippen LogP contribution in [0.15, 0.2) is 28.9 Å². The molecule has 1 aromatic carbocycles. The highest BCUT2D eigenvalue weighted by Crippen LogP contribution is 2.33. The van der Waals surface area contributed by atoms with Gasteiger partial charge in [0, 0.05) is 17.2 Å². The van der Waals surface area contributed by atoms with Crippen molar-refractivity contribution in [3.05, 3.63) is 46.6 Å². The standard InChI is InChI=1S/C15H17ClFNO/c1-9(2)18-8-15-11(4-5-19-15)12-6-10(3)14(17)7-13(12)16/h4-7,9,18H,8H2,1-3H3. The zero-order valence-electron chi connectivity index (χ0n) is 11.3. The number of furan rings is 1. The monoisotopic (exact) mass is 281 g/mol. The molecule has 2 rings (SSSR count). The normalized spacial score (nSPS) is 11.3. The Labute approximate surface area is 117 Å². The van der Waals surface area contributed by atoms with Crippen molar-refractivity contribution < 1.29 is 8.81 Å². The Hall–Kier alpha value is -1.32. The van der Waals surface area contributed by atoms with Gasteiger partial charge in [0.25, 0.3) is 0 Å². The van der Waals surface area contributed by atoms with Crippen LogP contribution in [0.4, 0.5) is 4.39 Å². The first-order chi connectivity index (χ1) is 8.99. The number of aryl methyl sites for hydroxylation is 1. The first-order valence-electron chi connectivity index (χ1n) is 6.24. The van der Waals surface area contributed by atoms with Gasteiger partial charge in [-0.15, -0.1) is 0 Å². The van der Waals surface area contributed by atoms with Gasteiger partial charge >= 0.3 is 0 Å². The van der Waals surface area contributed by atoms with E-state index in [2.05, 4.69) is 19.2 Å². The van der Waals surface area contributed by atoms with Crippen LogP contribution in [-0.2, 0) is 6.54 Å². The largest absolute Gasteiger partial charge is 0.467 e. The van der Waals surface area contributed by atoms with Gasteiger partial charge in [0.15, 0.2) is 0 Å². The number of rotatable bonds is 4. The Morgan fingerprint density at radius 3 is 2.74 bits per heavy atom. The number of halogens is 2. The maximum Gasteiger partial charge on any atom is 0.127 e. The lowest BCUT2D eigenvalue weighted by molar-refractivity contribution is 0.466. The van der Waals surface area contributed by atoms with Crippen LogP contribution < -0.4 is 5.32 Å². The van der Waals surface area contributed by atoms with Crippen molar-refractivity contribution in [2.45, 2.75) is 33.4 Å². The Kier molecular flexibility index (Phi) is 4.27. The zero-order valence-corrected chi connectivity index (χ0v) is 12.0. The molecule has 0 fully saturated rings. The molecule has 1 heterocycles. The smallest absolute Gasteiger partial charge is 0.127 e. The van der Waals surface area contributed by atoms with E-state index in [0.717, 1.165) is 16.9 Å². The summed E-state index contributed by atoms with van der Waals surface area (Å²) in [6.45, 7) is 6.48.